The molecule has 4 rings (SSSR count). The van der Waals surface area contributed by atoms with Crippen LogP contribution in [0.5, 0.6) is 0 Å². The Morgan fingerprint density at radius 2 is 2.00 bits per heavy atom. The van der Waals surface area contributed by atoms with Gasteiger partial charge in [0, 0.05) is 19.6 Å². The summed E-state index contributed by atoms with van der Waals surface area (Å²) in [7, 11) is 0. The molecule has 1 spiro atoms. The summed E-state index contributed by atoms with van der Waals surface area (Å²) >= 11 is 0. The third kappa shape index (κ3) is 3.15. The van der Waals surface area contributed by atoms with E-state index in [0.29, 0.717) is 0 Å². The topological polar surface area (TPSA) is 49.8 Å². The van der Waals surface area contributed by atoms with Crippen molar-refractivity contribution in [2.45, 2.75) is 50.2 Å². The average Bonchev–Trinajstić information content (AvgIpc) is 3.33. The molecule has 1 aromatic rings. The van der Waals surface area contributed by atoms with Crippen LogP contribution in [0.3, 0.4) is 0 Å². The first-order valence-electron chi connectivity index (χ1n) is 8.85. The lowest BCUT2D eigenvalue weighted by atomic mass is 9.78. The van der Waals surface area contributed by atoms with E-state index in [2.05, 4.69) is 29.2 Å². The Balaban J connectivity index is 1.54. The van der Waals surface area contributed by atoms with E-state index in [-0.39, 0.29) is 18.1 Å². The summed E-state index contributed by atoms with van der Waals surface area (Å²) in [5.41, 5.74) is 2.31. The van der Waals surface area contributed by atoms with E-state index < -0.39 is 5.97 Å². The molecule has 1 unspecified atom stereocenters. The van der Waals surface area contributed by atoms with Crippen LogP contribution in [0.15, 0.2) is 24.3 Å². The highest BCUT2D eigenvalue weighted by Crippen LogP contribution is 2.44. The predicted molar refractivity (Wildman–Crippen MR) is 87.3 cm³/mol. The van der Waals surface area contributed by atoms with Crippen molar-refractivity contribution < 1.29 is 14.6 Å². The number of hydrogen-bond donors (Lipinski definition) is 1. The van der Waals surface area contributed by atoms with E-state index >= 15 is 0 Å². The smallest absolute Gasteiger partial charge is 0.305 e. The number of rotatable bonds is 4. The van der Waals surface area contributed by atoms with Gasteiger partial charge in [-0.1, -0.05) is 24.3 Å². The fourth-order valence-electron chi connectivity index (χ4n) is 4.27. The largest absolute Gasteiger partial charge is 0.481 e. The summed E-state index contributed by atoms with van der Waals surface area (Å²) in [6.07, 6.45) is 5.36. The van der Waals surface area contributed by atoms with Crippen LogP contribution in [-0.4, -0.2) is 41.7 Å². The molecule has 0 radical (unpaired) electrons. The monoisotopic (exact) mass is 315 g/mol. The number of carbonyl (C=O) groups is 1. The van der Waals surface area contributed by atoms with Gasteiger partial charge in [-0.2, -0.15) is 0 Å². The first-order chi connectivity index (χ1) is 11.1. The summed E-state index contributed by atoms with van der Waals surface area (Å²) < 4.78 is 6.41. The number of aliphatic carboxylic acids is 1. The van der Waals surface area contributed by atoms with Gasteiger partial charge in [0.15, 0.2) is 0 Å². The molecule has 2 heterocycles. The molecule has 1 aromatic carbocycles. The molecule has 124 valence electrons. The van der Waals surface area contributed by atoms with E-state index in [1.54, 1.807) is 0 Å². The van der Waals surface area contributed by atoms with Crippen molar-refractivity contribution in [2.24, 2.45) is 5.92 Å². The first kappa shape index (κ1) is 15.2. The van der Waals surface area contributed by atoms with Crippen molar-refractivity contribution in [3.63, 3.8) is 0 Å². The van der Waals surface area contributed by atoms with E-state index in [0.717, 1.165) is 38.3 Å². The van der Waals surface area contributed by atoms with Crippen LogP contribution >= 0.6 is 0 Å². The lowest BCUT2D eigenvalue weighted by Gasteiger charge is -2.47. The molecule has 4 nitrogen and oxygen atoms in total. The van der Waals surface area contributed by atoms with Gasteiger partial charge in [0.25, 0.3) is 0 Å². The van der Waals surface area contributed by atoms with Crippen molar-refractivity contribution in [1.82, 2.24) is 4.90 Å². The second-order valence-electron chi connectivity index (χ2n) is 7.44. The fraction of sp³-hybridized carbons (Fsp3) is 0.632. The third-order valence-corrected chi connectivity index (χ3v) is 5.63. The molecule has 0 bridgehead atoms. The first-order valence-corrected chi connectivity index (χ1v) is 8.85. The summed E-state index contributed by atoms with van der Waals surface area (Å²) in [5.74, 6) is 0.152. The lowest BCUT2D eigenvalue weighted by Crippen LogP contribution is -2.49. The third-order valence-electron chi connectivity index (χ3n) is 5.63. The molecular weight excluding hydrogens is 290 g/mol. The lowest BCUT2D eigenvalue weighted by molar-refractivity contribution is -0.158. The number of hydrogen-bond acceptors (Lipinski definition) is 3. The fourth-order valence-corrected chi connectivity index (χ4v) is 4.27. The quantitative estimate of drug-likeness (QED) is 0.928. The number of carboxylic acids is 1. The van der Waals surface area contributed by atoms with Gasteiger partial charge < -0.3 is 14.7 Å². The number of fused-ring (bicyclic) bond motifs is 2. The molecule has 1 N–H and O–H groups in total. The molecule has 1 saturated carbocycles. The molecule has 3 aliphatic rings. The van der Waals surface area contributed by atoms with E-state index in [4.69, 9.17) is 9.84 Å². The van der Waals surface area contributed by atoms with Gasteiger partial charge in [0.05, 0.1) is 18.1 Å². The zero-order chi connectivity index (χ0) is 15.9. The molecule has 23 heavy (non-hydrogen) atoms. The maximum Gasteiger partial charge on any atom is 0.305 e. The van der Waals surface area contributed by atoms with Crippen LogP contribution in [0.4, 0.5) is 0 Å². The van der Waals surface area contributed by atoms with Gasteiger partial charge in [-0.25, -0.2) is 0 Å². The molecular formula is C19H25NO3. The van der Waals surface area contributed by atoms with Gasteiger partial charge in [0.2, 0.25) is 0 Å². The highest BCUT2D eigenvalue weighted by atomic mass is 16.5. The molecule has 0 aromatic heterocycles. The number of piperidine rings is 1. The SMILES string of the molecule is O=C(O)CC1Cc2ccccc2C2(CCN(CC3CC3)CC2)O1. The normalized spacial score (nSPS) is 26.9. The minimum Gasteiger partial charge on any atom is -0.481 e. The Kier molecular flexibility index (Phi) is 3.90. The highest BCUT2D eigenvalue weighted by Gasteiger charge is 2.44. The minimum absolute atomic E-state index is 0.0991. The van der Waals surface area contributed by atoms with Crippen LogP contribution in [-0.2, 0) is 21.6 Å². The van der Waals surface area contributed by atoms with Crippen LogP contribution in [0, 0.1) is 5.92 Å². The zero-order valence-corrected chi connectivity index (χ0v) is 13.5. The van der Waals surface area contributed by atoms with Crippen molar-refractivity contribution >= 4 is 5.97 Å². The number of carboxylic acid groups (broad SMARTS) is 1. The molecule has 1 atom stereocenters. The predicted octanol–water partition coefficient (Wildman–Crippen LogP) is 2.80. The Morgan fingerprint density at radius 3 is 2.70 bits per heavy atom. The number of ether oxygens (including phenoxy) is 1. The van der Waals surface area contributed by atoms with Crippen LogP contribution in [0.25, 0.3) is 0 Å². The van der Waals surface area contributed by atoms with Crippen molar-refractivity contribution in [2.75, 3.05) is 19.6 Å². The standard InChI is InChI=1S/C19H25NO3/c21-18(22)12-16-11-15-3-1-2-4-17(15)19(23-16)7-9-20(10-8-19)13-14-5-6-14/h1-4,14,16H,5-13H2,(H,21,22). The molecule has 1 aliphatic carbocycles. The second-order valence-corrected chi connectivity index (χ2v) is 7.44. The van der Waals surface area contributed by atoms with Gasteiger partial charge in [-0.15, -0.1) is 0 Å². The maximum absolute atomic E-state index is 11.1. The number of benzene rings is 1. The Bertz CT molecular complexity index is 588. The number of nitrogens with zero attached hydrogens (tertiary/aromatic N) is 1. The maximum atomic E-state index is 11.1. The molecule has 4 heteroatoms. The Morgan fingerprint density at radius 1 is 1.26 bits per heavy atom. The molecule has 1 saturated heterocycles. The van der Waals surface area contributed by atoms with Crippen LogP contribution < -0.4 is 0 Å². The average molecular weight is 315 g/mol. The molecule has 2 fully saturated rings. The zero-order valence-electron chi connectivity index (χ0n) is 13.5. The minimum atomic E-state index is -0.768. The van der Waals surface area contributed by atoms with Crippen LogP contribution in [0.1, 0.15) is 43.2 Å². The summed E-state index contributed by atoms with van der Waals surface area (Å²) in [5, 5.41) is 9.16. The van der Waals surface area contributed by atoms with Gasteiger partial charge in [-0.05, 0) is 49.1 Å². The summed E-state index contributed by atoms with van der Waals surface area (Å²) in [6, 6.07) is 8.46. The van der Waals surface area contributed by atoms with Crippen molar-refractivity contribution in [3.8, 4) is 0 Å². The Labute approximate surface area is 137 Å². The Hall–Kier alpha value is -1.39. The summed E-state index contributed by atoms with van der Waals surface area (Å²) in [4.78, 5) is 13.7. The molecule has 2 aliphatic heterocycles. The van der Waals surface area contributed by atoms with E-state index in [1.807, 2.05) is 0 Å². The summed E-state index contributed by atoms with van der Waals surface area (Å²) in [6.45, 7) is 3.35. The van der Waals surface area contributed by atoms with Gasteiger partial charge >= 0.3 is 5.97 Å². The molecule has 0 amide bonds. The number of likely N-dealkylation sites (tertiary alicyclic amines) is 1. The van der Waals surface area contributed by atoms with Gasteiger partial charge in [-0.3, -0.25) is 4.79 Å². The highest BCUT2D eigenvalue weighted by molar-refractivity contribution is 5.67. The van der Waals surface area contributed by atoms with Crippen LogP contribution in [0.2, 0.25) is 0 Å². The van der Waals surface area contributed by atoms with E-state index in [1.165, 1.54) is 30.5 Å². The van der Waals surface area contributed by atoms with Crippen molar-refractivity contribution in [1.29, 1.82) is 0 Å². The second kappa shape index (κ2) is 5.91. The van der Waals surface area contributed by atoms with Crippen molar-refractivity contribution in [3.05, 3.63) is 35.4 Å². The van der Waals surface area contributed by atoms with Gasteiger partial charge in [0.1, 0.15) is 0 Å². The van der Waals surface area contributed by atoms with E-state index in [9.17, 15) is 4.79 Å².